The van der Waals surface area contributed by atoms with Crippen molar-refractivity contribution in [2.24, 2.45) is 29.1 Å². The second-order valence-corrected chi connectivity index (χ2v) is 34.2. The highest BCUT2D eigenvalue weighted by molar-refractivity contribution is 5.95. The zero-order chi connectivity index (χ0) is 85.7. The molecule has 0 aliphatic heterocycles. The lowest BCUT2D eigenvalue weighted by atomic mass is 9.82. The minimum Gasteiger partial charge on any atom is -0.487 e. The lowest BCUT2D eigenvalue weighted by molar-refractivity contribution is 0.292. The average molecular weight is 1690 g/mol. The fraction of sp³-hybridized carbons (Fsp3) is 0.263. The van der Waals surface area contributed by atoms with E-state index < -0.39 is 0 Å². The molecule has 3 aliphatic rings. The minimum absolute atomic E-state index is 0.316. The Bertz CT molecular complexity index is 7020. The molecule has 0 spiro atoms. The maximum Gasteiger partial charge on any atom is 0.201 e. The van der Waals surface area contributed by atoms with Crippen LogP contribution in [0.3, 0.4) is 0 Å². The van der Waals surface area contributed by atoms with Crippen LogP contribution in [0, 0.1) is 36.0 Å². The van der Waals surface area contributed by atoms with Crippen molar-refractivity contribution in [3.8, 4) is 5.75 Å². The largest absolute Gasteiger partial charge is 0.487 e. The van der Waals surface area contributed by atoms with Crippen LogP contribution >= 0.6 is 0 Å². The lowest BCUT2D eigenvalue weighted by Crippen LogP contribution is -2.13. The van der Waals surface area contributed by atoms with Crippen molar-refractivity contribution in [3.05, 3.63) is 235 Å². The van der Waals surface area contributed by atoms with E-state index in [1.807, 2.05) is 146 Å². The summed E-state index contributed by atoms with van der Waals surface area (Å²) in [6, 6.07) is 53.4. The molecule has 32 nitrogen and oxygen atoms in total. The summed E-state index contributed by atoms with van der Waals surface area (Å²) in [6.07, 6.45) is 27.3. The van der Waals surface area contributed by atoms with Gasteiger partial charge in [0.2, 0.25) is 5.65 Å². The van der Waals surface area contributed by atoms with Gasteiger partial charge >= 0.3 is 0 Å². The maximum atomic E-state index is 5.84. The van der Waals surface area contributed by atoms with E-state index >= 15 is 0 Å². The van der Waals surface area contributed by atoms with E-state index in [1.54, 1.807) is 37.2 Å². The molecule has 0 amide bonds. The predicted octanol–water partition coefficient (Wildman–Crippen LogP) is 22.1. The number of benzene rings is 6. The van der Waals surface area contributed by atoms with E-state index in [0.717, 1.165) is 212 Å². The molecule has 15 aromatic heterocycles. The molecule has 127 heavy (non-hydrogen) atoms. The summed E-state index contributed by atoms with van der Waals surface area (Å²) >= 11 is 0. The van der Waals surface area contributed by atoms with Crippen molar-refractivity contribution in [3.63, 3.8) is 0 Å². The molecule has 15 heterocycles. The van der Waals surface area contributed by atoms with E-state index in [0.29, 0.717) is 63.6 Å². The van der Waals surface area contributed by atoms with Gasteiger partial charge in [0.15, 0.2) is 62.4 Å². The highest BCUT2D eigenvalue weighted by Crippen LogP contribution is 2.39. The summed E-state index contributed by atoms with van der Waals surface area (Å²) in [7, 11) is 0. The van der Waals surface area contributed by atoms with E-state index in [-0.39, 0.29) is 0 Å². The second kappa shape index (κ2) is 35.4. The number of hydrogen-bond donors (Lipinski definition) is 10. The summed E-state index contributed by atoms with van der Waals surface area (Å²) in [5.74, 6) is 7.30. The van der Waals surface area contributed by atoms with Crippen LogP contribution in [0.5, 0.6) is 5.75 Å². The van der Waals surface area contributed by atoms with Crippen molar-refractivity contribution in [2.75, 3.05) is 26.6 Å². The highest BCUT2D eigenvalue weighted by atomic mass is 16.5. The molecule has 0 radical (unpaired) electrons. The number of anilines is 10. The molecule has 3 fully saturated rings. The first-order valence-corrected chi connectivity index (χ1v) is 43.0. The quantitative estimate of drug-likeness (QED) is 0.0301. The van der Waals surface area contributed by atoms with Crippen molar-refractivity contribution >= 4 is 168 Å². The van der Waals surface area contributed by atoms with Crippen LogP contribution in [0.4, 0.5) is 57.5 Å². The molecule has 1 atom stereocenters. The molecule has 6 aromatic carbocycles. The van der Waals surface area contributed by atoms with Crippen LogP contribution in [-0.4, -0.2) is 107 Å². The third-order valence-corrected chi connectivity index (χ3v) is 23.5. The van der Waals surface area contributed by atoms with Gasteiger partial charge in [-0.3, -0.25) is 40.4 Å². The molecule has 3 saturated carbocycles. The first-order chi connectivity index (χ1) is 62.2. The van der Waals surface area contributed by atoms with E-state index in [2.05, 4.69) is 185 Å². The number of ether oxygens (including phenoxy) is 1. The smallest absolute Gasteiger partial charge is 0.201 e. The number of rotatable bonds is 22. The van der Waals surface area contributed by atoms with Gasteiger partial charge in [0.1, 0.15) is 40.4 Å². The standard InChI is InChI=1S/C21H17N5O2.C21H25N5O.2C18H17N5O.C17H16N6O/c1-13-4-2-5-15(10-13)27-12-18-16-8-7-14(11-19(16)28-26-18)23-21-20-17(24-25-21)6-3-9-22-20;1-13(12-21(2,3)4)10-17-15-8-7-14(11-18(15)27-26-17)23-20-19-16(24-25-20)6-5-9-22-19;1-3-11(4-1)9-15-13-7-6-12(10-16(13)24-23-15)20-18-17-14(21-22-18)5-2-8-19-17;1-3-11(4-1)9-15-13-7-6-12(10-16(13)24-23-15)20-18-14-5-2-8-19-17(14)21-22-18;1-2-10(3-1)8-13-12-5-4-11(9-14(12)24-23-13)20-17-15-16(21-22-17)19-7-6-18-15/h2-11H,12H2,1H3,(H2,23,24,25);5-9,11,13H,10,12H2,1-4H3,(H2,23,24,25);2,5-8,10-11H,1,3-4,9H2,(H2,20,21,22);2,5-8,10-11H,1,3-4,9H2,(H2,19,20,21,22);4-7,9-10H,1-3,8H2,(H2,19,20,21,22). The zero-order valence-electron chi connectivity index (χ0n) is 70.6. The van der Waals surface area contributed by atoms with Gasteiger partial charge in [0, 0.05) is 123 Å². The number of pyridine rings is 4. The number of fused-ring (bicyclic) bond motifs is 10. The SMILES string of the molecule is CC(Cc1noc2cc(Nc3n[nH]c4cccnc34)ccc12)CC(C)(C)C.Cc1cccc(OCc2noc3cc(Nc4n[nH]c5cccnc45)ccc23)c1.c1cnc2c(Nc3ccc4c(CC5CCC5)noc4c3)[nH]nc2n1.c1cnc2c(Nc3ccc4c(CC5CCC5)noc4c3)n[nH]c2c1.c1cnc2n[nH]c(Nc3ccc4c(CC5CCC5)noc4c3)c2c1. The molecule has 638 valence electrons. The molecule has 0 bridgehead atoms. The molecule has 24 rings (SSSR count). The fourth-order valence-corrected chi connectivity index (χ4v) is 16.5. The number of nitrogens with one attached hydrogen (secondary N) is 10. The van der Waals surface area contributed by atoms with Gasteiger partial charge in [-0.05, 0) is 195 Å². The van der Waals surface area contributed by atoms with Gasteiger partial charge in [-0.25, -0.2) is 15.0 Å². The monoisotopic (exact) mass is 1690 g/mol. The van der Waals surface area contributed by atoms with Crippen LogP contribution in [0.15, 0.2) is 224 Å². The van der Waals surface area contributed by atoms with Crippen LogP contribution in [0.1, 0.15) is 126 Å². The Balaban J connectivity index is 0.000000100. The molecule has 32 heteroatoms. The normalized spacial score (nSPS) is 13.8. The molecule has 1 unspecified atom stereocenters. The van der Waals surface area contributed by atoms with Crippen LogP contribution in [0.25, 0.3) is 110 Å². The van der Waals surface area contributed by atoms with Gasteiger partial charge in [0.25, 0.3) is 0 Å². The number of H-pyrrole nitrogens is 5. The number of aryl methyl sites for hydroxylation is 1. The molecular formula is C95H92N26O6. The van der Waals surface area contributed by atoms with Gasteiger partial charge in [0.05, 0.1) is 44.7 Å². The molecular weight excluding hydrogens is 1600 g/mol. The van der Waals surface area contributed by atoms with E-state index in [1.165, 1.54) is 57.8 Å². The number of aromatic nitrogens is 21. The first kappa shape index (κ1) is 79.9. The zero-order valence-corrected chi connectivity index (χ0v) is 70.6. The Morgan fingerprint density at radius 1 is 0.370 bits per heavy atom. The third kappa shape index (κ3) is 18.0. The van der Waals surface area contributed by atoms with Crippen LogP contribution in [0.2, 0.25) is 0 Å². The highest BCUT2D eigenvalue weighted by Gasteiger charge is 2.26. The second-order valence-electron chi connectivity index (χ2n) is 34.2. The van der Waals surface area contributed by atoms with Gasteiger partial charge in [-0.15, -0.1) is 0 Å². The molecule has 10 N–H and O–H groups in total. The maximum absolute atomic E-state index is 5.84. The Morgan fingerprint density at radius 3 is 1.21 bits per heavy atom. The minimum atomic E-state index is 0.316. The Morgan fingerprint density at radius 2 is 0.756 bits per heavy atom. The topological polar surface area (TPSA) is 420 Å². The van der Waals surface area contributed by atoms with Crippen LogP contribution < -0.4 is 31.3 Å². The molecule has 21 aromatic rings. The number of aromatic amines is 5. The van der Waals surface area contributed by atoms with E-state index in [4.69, 9.17) is 27.4 Å². The van der Waals surface area contributed by atoms with Crippen molar-refractivity contribution in [2.45, 2.75) is 131 Å². The van der Waals surface area contributed by atoms with E-state index in [9.17, 15) is 0 Å². The Kier molecular flexibility index (Phi) is 22.3. The number of nitrogens with zero attached hydrogens (tertiary/aromatic N) is 16. The predicted molar refractivity (Wildman–Crippen MR) is 489 cm³/mol. The van der Waals surface area contributed by atoms with Crippen LogP contribution in [-0.2, 0) is 32.3 Å². The summed E-state index contributed by atoms with van der Waals surface area (Å²) in [5.41, 5.74) is 21.9. The van der Waals surface area contributed by atoms with Gasteiger partial charge in [-0.1, -0.05) is 123 Å². The average Bonchev–Trinajstić information content (AvgIpc) is 1.68. The third-order valence-electron chi connectivity index (χ3n) is 23.5. The molecule has 3 aliphatic carbocycles. The number of hydrogen-bond acceptors (Lipinski definition) is 27. The lowest BCUT2D eigenvalue weighted by Gasteiger charge is -2.24. The summed E-state index contributed by atoms with van der Waals surface area (Å²) in [5, 5.41) is 80.1. The van der Waals surface area contributed by atoms with Crippen molar-refractivity contribution < 1.29 is 27.4 Å². The molecule has 0 saturated heterocycles. The van der Waals surface area contributed by atoms with Crippen molar-refractivity contribution in [1.82, 2.24) is 107 Å². The van der Waals surface area contributed by atoms with Crippen molar-refractivity contribution in [1.29, 1.82) is 0 Å². The fourth-order valence-electron chi connectivity index (χ4n) is 16.5. The summed E-state index contributed by atoms with van der Waals surface area (Å²) in [6.45, 7) is 11.5. The Labute approximate surface area is 725 Å². The summed E-state index contributed by atoms with van der Waals surface area (Å²) < 4.78 is 33.5. The first-order valence-electron chi connectivity index (χ1n) is 43.0. The Hall–Kier alpha value is -15.5. The summed E-state index contributed by atoms with van der Waals surface area (Å²) in [4.78, 5) is 25.8. The van der Waals surface area contributed by atoms with Gasteiger partial charge < -0.3 is 53.9 Å². The van der Waals surface area contributed by atoms with Gasteiger partial charge in [-0.2, -0.15) is 25.5 Å².